The van der Waals surface area contributed by atoms with Crippen molar-refractivity contribution in [3.05, 3.63) is 59.4 Å². The van der Waals surface area contributed by atoms with Crippen LogP contribution in [-0.4, -0.2) is 48.8 Å². The molecule has 0 aliphatic heterocycles. The number of halogens is 1. The maximum Gasteiger partial charge on any atom is 0.260 e. The summed E-state index contributed by atoms with van der Waals surface area (Å²) in [6.45, 7) is 2.54. The standard InChI is InChI=1S/C20H20FN3O2S/c1-13(25)14-7-9-15(10-8-14)19(26)24(12-11-23(2)3)20-22-18-16(21)5-4-6-17(18)27-20/h4-10H,11-12H2,1-3H3. The number of hydrogen-bond donors (Lipinski definition) is 0. The van der Waals surface area contributed by atoms with Gasteiger partial charge >= 0.3 is 0 Å². The molecule has 0 aliphatic rings. The molecule has 27 heavy (non-hydrogen) atoms. The summed E-state index contributed by atoms with van der Waals surface area (Å²) in [5, 5.41) is 0.456. The number of aromatic nitrogens is 1. The van der Waals surface area contributed by atoms with Crippen LogP contribution in [0.15, 0.2) is 42.5 Å². The van der Waals surface area contributed by atoms with Crippen LogP contribution in [-0.2, 0) is 0 Å². The Kier molecular flexibility index (Phi) is 5.62. The van der Waals surface area contributed by atoms with Gasteiger partial charge in [-0.25, -0.2) is 9.37 Å². The van der Waals surface area contributed by atoms with Crippen LogP contribution < -0.4 is 4.90 Å². The normalized spacial score (nSPS) is 11.1. The quantitative estimate of drug-likeness (QED) is 0.605. The first-order chi connectivity index (χ1) is 12.9. The first-order valence-corrected chi connectivity index (χ1v) is 9.31. The number of carbonyl (C=O) groups is 2. The number of amides is 1. The zero-order chi connectivity index (χ0) is 19.6. The lowest BCUT2D eigenvalue weighted by atomic mass is 10.1. The number of thiazole rings is 1. The zero-order valence-corrected chi connectivity index (χ0v) is 16.2. The fraction of sp³-hybridized carbons (Fsp3) is 0.250. The Bertz CT molecular complexity index is 983. The van der Waals surface area contributed by atoms with E-state index >= 15 is 0 Å². The topological polar surface area (TPSA) is 53.5 Å². The number of benzene rings is 2. The fourth-order valence-electron chi connectivity index (χ4n) is 2.61. The van der Waals surface area contributed by atoms with Gasteiger partial charge in [-0.05, 0) is 45.3 Å². The second-order valence-electron chi connectivity index (χ2n) is 6.48. The molecular formula is C20H20FN3O2S. The maximum atomic E-state index is 14.0. The molecule has 0 radical (unpaired) electrons. The SMILES string of the molecule is CC(=O)c1ccc(C(=O)N(CCN(C)C)c2nc3c(F)cccc3s2)cc1. The minimum absolute atomic E-state index is 0.0555. The van der Waals surface area contributed by atoms with Gasteiger partial charge in [0.15, 0.2) is 10.9 Å². The van der Waals surface area contributed by atoms with Crippen LogP contribution in [0.3, 0.4) is 0 Å². The molecule has 0 saturated heterocycles. The van der Waals surface area contributed by atoms with Crippen molar-refractivity contribution in [3.8, 4) is 0 Å². The highest BCUT2D eigenvalue weighted by molar-refractivity contribution is 7.22. The van der Waals surface area contributed by atoms with Crippen molar-refractivity contribution in [2.45, 2.75) is 6.92 Å². The number of para-hydroxylation sites is 1. The number of hydrogen-bond acceptors (Lipinski definition) is 5. The molecule has 2 aromatic carbocycles. The molecule has 1 amide bonds. The molecule has 140 valence electrons. The Hall–Kier alpha value is -2.64. The summed E-state index contributed by atoms with van der Waals surface area (Å²) in [4.78, 5) is 32.4. The number of rotatable bonds is 6. The van der Waals surface area contributed by atoms with Crippen molar-refractivity contribution in [1.29, 1.82) is 0 Å². The van der Waals surface area contributed by atoms with Crippen LogP contribution in [0.25, 0.3) is 10.2 Å². The van der Waals surface area contributed by atoms with E-state index in [-0.39, 0.29) is 17.2 Å². The molecule has 0 bridgehead atoms. The Morgan fingerprint density at radius 1 is 1.04 bits per heavy atom. The van der Waals surface area contributed by atoms with E-state index in [0.29, 0.717) is 34.0 Å². The molecule has 0 saturated carbocycles. The van der Waals surface area contributed by atoms with E-state index in [1.54, 1.807) is 41.3 Å². The predicted molar refractivity (Wildman–Crippen MR) is 106 cm³/mol. The molecule has 5 nitrogen and oxygen atoms in total. The van der Waals surface area contributed by atoms with Gasteiger partial charge in [0.05, 0.1) is 4.70 Å². The lowest BCUT2D eigenvalue weighted by Gasteiger charge is -2.22. The van der Waals surface area contributed by atoms with Gasteiger partial charge in [0.2, 0.25) is 0 Å². The maximum absolute atomic E-state index is 14.0. The van der Waals surface area contributed by atoms with Gasteiger partial charge < -0.3 is 4.90 Å². The average Bonchev–Trinajstić information content (AvgIpc) is 3.07. The summed E-state index contributed by atoms with van der Waals surface area (Å²) in [5.41, 5.74) is 1.28. The number of anilines is 1. The minimum atomic E-state index is -0.402. The van der Waals surface area contributed by atoms with Gasteiger partial charge in [0.25, 0.3) is 5.91 Å². The molecule has 0 fully saturated rings. The van der Waals surface area contributed by atoms with Gasteiger partial charge in [-0.3, -0.25) is 14.5 Å². The molecular weight excluding hydrogens is 365 g/mol. The van der Waals surface area contributed by atoms with Crippen molar-refractivity contribution in [1.82, 2.24) is 9.88 Å². The summed E-state index contributed by atoms with van der Waals surface area (Å²) >= 11 is 1.28. The predicted octanol–water partition coefficient (Wildman–Crippen LogP) is 3.85. The minimum Gasteiger partial charge on any atom is -0.308 e. The van der Waals surface area contributed by atoms with E-state index in [1.807, 2.05) is 19.0 Å². The van der Waals surface area contributed by atoms with Gasteiger partial charge in [-0.2, -0.15) is 0 Å². The van der Waals surface area contributed by atoms with E-state index in [0.717, 1.165) is 0 Å². The summed E-state index contributed by atoms with van der Waals surface area (Å²) in [6.07, 6.45) is 0. The molecule has 0 spiro atoms. The lowest BCUT2D eigenvalue weighted by Crippen LogP contribution is -2.36. The van der Waals surface area contributed by atoms with E-state index in [2.05, 4.69) is 4.98 Å². The third-order valence-corrected chi connectivity index (χ3v) is 5.19. The van der Waals surface area contributed by atoms with Gasteiger partial charge in [0.1, 0.15) is 11.3 Å². The molecule has 1 heterocycles. The Balaban J connectivity index is 1.97. The monoisotopic (exact) mass is 385 g/mol. The van der Waals surface area contributed by atoms with Crippen LogP contribution >= 0.6 is 11.3 Å². The van der Waals surface area contributed by atoms with E-state index in [4.69, 9.17) is 0 Å². The number of nitrogens with zero attached hydrogens (tertiary/aromatic N) is 3. The molecule has 3 rings (SSSR count). The van der Waals surface area contributed by atoms with Crippen molar-refractivity contribution in [3.63, 3.8) is 0 Å². The number of fused-ring (bicyclic) bond motifs is 1. The van der Waals surface area contributed by atoms with Crippen LogP contribution in [0.4, 0.5) is 9.52 Å². The zero-order valence-electron chi connectivity index (χ0n) is 15.4. The van der Waals surface area contributed by atoms with Crippen molar-refractivity contribution in [2.24, 2.45) is 0 Å². The van der Waals surface area contributed by atoms with Crippen molar-refractivity contribution >= 4 is 38.4 Å². The molecule has 0 aliphatic carbocycles. The van der Waals surface area contributed by atoms with E-state index in [9.17, 15) is 14.0 Å². The van der Waals surface area contributed by atoms with Gasteiger partial charge in [0, 0.05) is 24.2 Å². The molecule has 0 unspecified atom stereocenters. The number of likely N-dealkylation sites (N-methyl/N-ethyl adjacent to an activating group) is 1. The fourth-order valence-corrected chi connectivity index (χ4v) is 3.61. The number of ketones is 1. The molecule has 0 atom stereocenters. The first-order valence-electron chi connectivity index (χ1n) is 8.49. The molecule has 7 heteroatoms. The lowest BCUT2D eigenvalue weighted by molar-refractivity contribution is 0.0981. The van der Waals surface area contributed by atoms with Crippen LogP contribution in [0, 0.1) is 5.82 Å². The summed E-state index contributed by atoms with van der Waals surface area (Å²) in [6, 6.07) is 11.3. The third kappa shape index (κ3) is 4.20. The molecule has 0 N–H and O–H groups in total. The summed E-state index contributed by atoms with van der Waals surface area (Å²) in [5.74, 6) is -0.688. The average molecular weight is 385 g/mol. The summed E-state index contributed by atoms with van der Waals surface area (Å²) < 4.78 is 14.7. The first kappa shape index (κ1) is 19.1. The number of Topliss-reactive ketones (excluding diaryl/α,β-unsaturated/α-hetero) is 1. The van der Waals surface area contributed by atoms with E-state index < -0.39 is 5.82 Å². The second kappa shape index (κ2) is 7.94. The number of carbonyl (C=O) groups excluding carboxylic acids is 2. The van der Waals surface area contributed by atoms with Crippen LogP contribution in [0.1, 0.15) is 27.6 Å². The van der Waals surface area contributed by atoms with Crippen molar-refractivity contribution in [2.75, 3.05) is 32.1 Å². The molecule has 1 aromatic heterocycles. The second-order valence-corrected chi connectivity index (χ2v) is 7.49. The summed E-state index contributed by atoms with van der Waals surface area (Å²) in [7, 11) is 3.84. The molecule has 3 aromatic rings. The van der Waals surface area contributed by atoms with Gasteiger partial charge in [-0.1, -0.05) is 29.5 Å². The van der Waals surface area contributed by atoms with E-state index in [1.165, 1.54) is 24.3 Å². The highest BCUT2D eigenvalue weighted by Gasteiger charge is 2.22. The third-order valence-electron chi connectivity index (χ3n) is 4.14. The van der Waals surface area contributed by atoms with Crippen LogP contribution in [0.2, 0.25) is 0 Å². The highest BCUT2D eigenvalue weighted by atomic mass is 32.1. The Morgan fingerprint density at radius 2 is 1.70 bits per heavy atom. The van der Waals surface area contributed by atoms with Crippen molar-refractivity contribution < 1.29 is 14.0 Å². The highest BCUT2D eigenvalue weighted by Crippen LogP contribution is 2.31. The van der Waals surface area contributed by atoms with Crippen LogP contribution in [0.5, 0.6) is 0 Å². The Morgan fingerprint density at radius 3 is 2.30 bits per heavy atom. The van der Waals surface area contributed by atoms with Gasteiger partial charge in [-0.15, -0.1) is 0 Å². The largest absolute Gasteiger partial charge is 0.308 e. The smallest absolute Gasteiger partial charge is 0.260 e. The Labute approximate surface area is 161 Å².